The minimum Gasteiger partial charge on any atom is -0.381 e. The van der Waals surface area contributed by atoms with E-state index in [2.05, 4.69) is 15.2 Å². The molecular weight excluding hydrogens is 305 g/mol. The molecule has 1 aliphatic carbocycles. The summed E-state index contributed by atoms with van der Waals surface area (Å²) < 4.78 is 19.2. The van der Waals surface area contributed by atoms with Crippen LogP contribution in [-0.4, -0.2) is 50.8 Å². The van der Waals surface area contributed by atoms with Gasteiger partial charge < -0.3 is 15.0 Å². The predicted molar refractivity (Wildman–Crippen MR) is 92.7 cm³/mol. The van der Waals surface area contributed by atoms with Crippen LogP contribution in [0.15, 0.2) is 29.3 Å². The first kappa shape index (κ1) is 15.9. The third-order valence-electron chi connectivity index (χ3n) is 6.01. The van der Waals surface area contributed by atoms with Crippen LogP contribution in [-0.2, 0) is 10.2 Å². The molecule has 2 heterocycles. The summed E-state index contributed by atoms with van der Waals surface area (Å²) in [6, 6.07) is 7.04. The molecule has 1 spiro atoms. The first-order chi connectivity index (χ1) is 11.6. The Balaban J connectivity index is 1.40. The highest BCUT2D eigenvalue weighted by Crippen LogP contribution is 2.47. The Hall–Kier alpha value is -1.62. The van der Waals surface area contributed by atoms with Crippen LogP contribution in [0.5, 0.6) is 0 Å². The number of hydrogen-bond donors (Lipinski definition) is 1. The molecule has 1 N–H and O–H groups in total. The van der Waals surface area contributed by atoms with Crippen molar-refractivity contribution in [1.82, 2.24) is 10.2 Å². The van der Waals surface area contributed by atoms with Crippen LogP contribution >= 0.6 is 0 Å². The highest BCUT2D eigenvalue weighted by molar-refractivity contribution is 5.80. The molecule has 2 aliphatic heterocycles. The van der Waals surface area contributed by atoms with Gasteiger partial charge in [-0.2, -0.15) is 0 Å². The number of aliphatic imine (C=N–C) groups is 1. The lowest BCUT2D eigenvalue weighted by Gasteiger charge is -2.26. The number of rotatable bonds is 3. The molecule has 1 saturated carbocycles. The second kappa shape index (κ2) is 6.03. The largest absolute Gasteiger partial charge is 0.381 e. The van der Waals surface area contributed by atoms with E-state index in [9.17, 15) is 4.39 Å². The van der Waals surface area contributed by atoms with E-state index in [1.807, 2.05) is 19.2 Å². The monoisotopic (exact) mass is 331 g/mol. The van der Waals surface area contributed by atoms with Crippen LogP contribution < -0.4 is 5.32 Å². The van der Waals surface area contributed by atoms with Gasteiger partial charge in [0.25, 0.3) is 0 Å². The van der Waals surface area contributed by atoms with E-state index in [1.54, 1.807) is 6.07 Å². The summed E-state index contributed by atoms with van der Waals surface area (Å²) in [6.07, 6.45) is 4.56. The van der Waals surface area contributed by atoms with Gasteiger partial charge >= 0.3 is 0 Å². The lowest BCUT2D eigenvalue weighted by atomic mass is 9.87. The fraction of sp³-hybridized carbons (Fsp3) is 0.632. The van der Waals surface area contributed by atoms with Crippen LogP contribution in [0.25, 0.3) is 0 Å². The number of guanidine groups is 1. The summed E-state index contributed by atoms with van der Waals surface area (Å²) >= 11 is 0. The first-order valence-electron chi connectivity index (χ1n) is 8.94. The zero-order valence-electron chi connectivity index (χ0n) is 14.4. The lowest BCUT2D eigenvalue weighted by Crippen LogP contribution is -2.44. The van der Waals surface area contributed by atoms with E-state index in [1.165, 1.54) is 12.5 Å². The highest BCUT2D eigenvalue weighted by atomic mass is 19.1. The molecule has 0 aromatic heterocycles. The zero-order chi connectivity index (χ0) is 16.6. The summed E-state index contributed by atoms with van der Waals surface area (Å²) in [4.78, 5) is 6.84. The van der Waals surface area contributed by atoms with Crippen molar-refractivity contribution in [3.63, 3.8) is 0 Å². The molecule has 3 aliphatic rings. The van der Waals surface area contributed by atoms with Gasteiger partial charge in [0.15, 0.2) is 5.96 Å². The Morgan fingerprint density at radius 2 is 2.21 bits per heavy atom. The van der Waals surface area contributed by atoms with Crippen molar-refractivity contribution < 1.29 is 9.13 Å². The fourth-order valence-corrected chi connectivity index (χ4v) is 4.20. The third-order valence-corrected chi connectivity index (χ3v) is 6.01. The van der Waals surface area contributed by atoms with E-state index in [0.717, 1.165) is 63.6 Å². The molecule has 4 rings (SSSR count). The summed E-state index contributed by atoms with van der Waals surface area (Å²) in [6.45, 7) is 4.66. The molecule has 0 amide bonds. The number of nitrogens with one attached hydrogen (secondary N) is 1. The Labute approximate surface area is 143 Å². The minimum absolute atomic E-state index is 0.0753. The summed E-state index contributed by atoms with van der Waals surface area (Å²) in [5.41, 5.74) is 1.51. The molecule has 0 radical (unpaired) electrons. The summed E-state index contributed by atoms with van der Waals surface area (Å²) in [7, 11) is 1.85. The maximum Gasteiger partial charge on any atom is 0.193 e. The Morgan fingerprint density at radius 1 is 1.33 bits per heavy atom. The Bertz CT molecular complexity index is 635. The molecule has 1 aromatic rings. The Kier molecular flexibility index (Phi) is 3.99. The smallest absolute Gasteiger partial charge is 0.193 e. The van der Waals surface area contributed by atoms with Gasteiger partial charge in [-0.25, -0.2) is 4.39 Å². The second-order valence-corrected chi connectivity index (χ2v) is 7.67. The van der Waals surface area contributed by atoms with Crippen molar-refractivity contribution in [1.29, 1.82) is 0 Å². The standard InChI is InChI=1S/C19H26FN3O/c1-21-17(23-9-7-18(13-23)8-10-24-14-18)22-12-19(5-6-19)15-3-2-4-16(20)11-15/h2-4,11H,5-10,12-14H2,1H3,(H,21,22). The van der Waals surface area contributed by atoms with Gasteiger partial charge in [0, 0.05) is 44.1 Å². The van der Waals surface area contributed by atoms with Gasteiger partial charge in [0.05, 0.1) is 6.61 Å². The van der Waals surface area contributed by atoms with Crippen LogP contribution in [0.1, 0.15) is 31.2 Å². The number of nitrogens with zero attached hydrogens (tertiary/aromatic N) is 2. The van der Waals surface area contributed by atoms with E-state index >= 15 is 0 Å². The first-order valence-corrected chi connectivity index (χ1v) is 8.94. The molecule has 1 atom stereocenters. The van der Waals surface area contributed by atoms with Crippen LogP contribution in [0, 0.1) is 11.2 Å². The van der Waals surface area contributed by atoms with Crippen LogP contribution in [0.2, 0.25) is 0 Å². The topological polar surface area (TPSA) is 36.9 Å². The zero-order valence-corrected chi connectivity index (χ0v) is 14.4. The molecule has 130 valence electrons. The van der Waals surface area contributed by atoms with E-state index < -0.39 is 0 Å². The number of ether oxygens (including phenoxy) is 1. The van der Waals surface area contributed by atoms with Crippen molar-refractivity contribution in [2.75, 3.05) is 39.9 Å². The maximum atomic E-state index is 13.5. The van der Waals surface area contributed by atoms with Crippen molar-refractivity contribution in [3.05, 3.63) is 35.6 Å². The molecule has 5 heteroatoms. The average molecular weight is 331 g/mol. The van der Waals surface area contributed by atoms with E-state index in [-0.39, 0.29) is 11.2 Å². The summed E-state index contributed by atoms with van der Waals surface area (Å²) in [5, 5.41) is 3.55. The van der Waals surface area contributed by atoms with Crippen molar-refractivity contribution in [2.45, 2.75) is 31.1 Å². The van der Waals surface area contributed by atoms with E-state index in [0.29, 0.717) is 5.41 Å². The lowest BCUT2D eigenvalue weighted by molar-refractivity contribution is 0.156. The SMILES string of the molecule is CN=C(NCC1(c2cccc(F)c2)CC1)N1CCC2(CCOC2)C1. The highest BCUT2D eigenvalue weighted by Gasteiger charge is 2.46. The maximum absolute atomic E-state index is 13.5. The Morgan fingerprint density at radius 3 is 2.88 bits per heavy atom. The van der Waals surface area contributed by atoms with E-state index in [4.69, 9.17) is 4.74 Å². The molecule has 4 nitrogen and oxygen atoms in total. The number of hydrogen-bond acceptors (Lipinski definition) is 2. The van der Waals surface area contributed by atoms with Gasteiger partial charge in [-0.3, -0.25) is 4.99 Å². The molecule has 0 bridgehead atoms. The second-order valence-electron chi connectivity index (χ2n) is 7.67. The van der Waals surface area contributed by atoms with Crippen molar-refractivity contribution >= 4 is 5.96 Å². The van der Waals surface area contributed by atoms with Gasteiger partial charge in [-0.15, -0.1) is 0 Å². The van der Waals surface area contributed by atoms with Crippen molar-refractivity contribution in [2.24, 2.45) is 10.4 Å². The average Bonchev–Trinajstić information content (AvgIpc) is 3.06. The third kappa shape index (κ3) is 2.90. The van der Waals surface area contributed by atoms with Gasteiger partial charge in [-0.1, -0.05) is 12.1 Å². The number of halogens is 1. The minimum atomic E-state index is -0.147. The molecule has 1 unspecified atom stereocenters. The van der Waals surface area contributed by atoms with Crippen molar-refractivity contribution in [3.8, 4) is 0 Å². The molecule has 2 saturated heterocycles. The van der Waals surface area contributed by atoms with Gasteiger partial charge in [-0.05, 0) is 43.4 Å². The molecule has 24 heavy (non-hydrogen) atoms. The normalized spacial score (nSPS) is 28.6. The van der Waals surface area contributed by atoms with Gasteiger partial charge in [0.2, 0.25) is 0 Å². The molecule has 1 aromatic carbocycles. The van der Waals surface area contributed by atoms with Crippen LogP contribution in [0.3, 0.4) is 0 Å². The fourth-order valence-electron chi connectivity index (χ4n) is 4.20. The number of likely N-dealkylation sites (tertiary alicyclic amines) is 1. The predicted octanol–water partition coefficient (Wildman–Crippen LogP) is 2.55. The summed E-state index contributed by atoms with van der Waals surface area (Å²) in [5.74, 6) is 0.826. The quantitative estimate of drug-likeness (QED) is 0.683. The number of benzene rings is 1. The molecular formula is C19H26FN3O. The van der Waals surface area contributed by atoms with Crippen LogP contribution in [0.4, 0.5) is 4.39 Å². The van der Waals surface area contributed by atoms with Gasteiger partial charge in [0.1, 0.15) is 5.82 Å². The molecule has 3 fully saturated rings.